The lowest BCUT2D eigenvalue weighted by molar-refractivity contribution is -0.116. The third-order valence-electron chi connectivity index (χ3n) is 7.87. The molecule has 1 aromatic heterocycles. The van der Waals surface area contributed by atoms with Crippen LogP contribution >= 0.6 is 0 Å². The summed E-state index contributed by atoms with van der Waals surface area (Å²) in [6.07, 6.45) is 0.789. The topological polar surface area (TPSA) is 79.0 Å². The van der Waals surface area contributed by atoms with Crippen molar-refractivity contribution in [1.29, 1.82) is 0 Å². The molecule has 6 rings (SSSR count). The summed E-state index contributed by atoms with van der Waals surface area (Å²) in [6, 6.07) is 24.2. The van der Waals surface area contributed by atoms with E-state index in [2.05, 4.69) is 20.6 Å². The Bertz CT molecular complexity index is 1620. The Kier molecular flexibility index (Phi) is 8.53. The van der Waals surface area contributed by atoms with E-state index in [1.54, 1.807) is 36.4 Å². The average molecular weight is 585 g/mol. The van der Waals surface area contributed by atoms with Gasteiger partial charge in [0.2, 0.25) is 5.91 Å². The number of para-hydroxylation sites is 2. The number of morpholine rings is 1. The highest BCUT2D eigenvalue weighted by atomic mass is 19.1. The van der Waals surface area contributed by atoms with Crippen LogP contribution in [0.1, 0.15) is 47.3 Å². The Hall–Kier alpha value is -4.47. The molecule has 43 heavy (non-hydrogen) atoms. The molecule has 0 spiro atoms. The summed E-state index contributed by atoms with van der Waals surface area (Å²) in [4.78, 5) is 21.3. The third kappa shape index (κ3) is 6.79. The van der Waals surface area contributed by atoms with E-state index in [0.717, 1.165) is 16.9 Å². The zero-order valence-electron chi connectivity index (χ0n) is 23.3. The first kappa shape index (κ1) is 28.6. The quantitative estimate of drug-likeness (QED) is 0.178. The molecule has 1 saturated heterocycles. The zero-order chi connectivity index (χ0) is 29.8. The molecule has 0 bridgehead atoms. The Morgan fingerprint density at radius 1 is 0.907 bits per heavy atom. The van der Waals surface area contributed by atoms with Gasteiger partial charge in [0.15, 0.2) is 0 Å². The molecular weight excluding hydrogens is 553 g/mol. The number of fused-ring (bicyclic) bond motifs is 1. The van der Waals surface area contributed by atoms with E-state index in [9.17, 15) is 13.6 Å². The molecule has 1 aliphatic rings. The molecule has 2 atom stereocenters. The molecule has 9 heteroatoms. The number of halogens is 3. The van der Waals surface area contributed by atoms with E-state index < -0.39 is 23.4 Å². The maximum Gasteiger partial charge on any atom is 0.225 e. The number of benzene rings is 4. The highest BCUT2D eigenvalue weighted by Crippen LogP contribution is 2.30. The largest absolute Gasteiger partial charge is 0.375 e. The maximum atomic E-state index is 15.0. The van der Waals surface area contributed by atoms with Gasteiger partial charge in [0.25, 0.3) is 0 Å². The van der Waals surface area contributed by atoms with Crippen molar-refractivity contribution in [2.45, 2.75) is 37.3 Å². The van der Waals surface area contributed by atoms with Gasteiger partial charge in [-0.25, -0.2) is 18.2 Å². The highest BCUT2D eigenvalue weighted by molar-refractivity contribution is 5.92. The zero-order valence-corrected chi connectivity index (χ0v) is 23.3. The fourth-order valence-electron chi connectivity index (χ4n) is 5.56. The number of hydrogen-bond acceptors (Lipinski definition) is 4. The van der Waals surface area contributed by atoms with E-state index in [4.69, 9.17) is 4.74 Å². The van der Waals surface area contributed by atoms with E-state index in [1.807, 2.05) is 24.3 Å². The second-order valence-corrected chi connectivity index (χ2v) is 10.8. The summed E-state index contributed by atoms with van der Waals surface area (Å²) >= 11 is 0. The first-order valence-corrected chi connectivity index (χ1v) is 14.3. The van der Waals surface area contributed by atoms with Gasteiger partial charge in [-0.1, -0.05) is 42.5 Å². The molecular formula is C34H31F3N4O2. The van der Waals surface area contributed by atoms with Gasteiger partial charge >= 0.3 is 0 Å². The van der Waals surface area contributed by atoms with E-state index in [1.165, 1.54) is 30.3 Å². The van der Waals surface area contributed by atoms with Crippen molar-refractivity contribution < 1.29 is 22.7 Å². The van der Waals surface area contributed by atoms with E-state index >= 15 is 4.39 Å². The van der Waals surface area contributed by atoms with Gasteiger partial charge in [-0.2, -0.15) is 0 Å². The predicted molar refractivity (Wildman–Crippen MR) is 159 cm³/mol. The van der Waals surface area contributed by atoms with E-state index in [0.29, 0.717) is 48.4 Å². The third-order valence-corrected chi connectivity index (χ3v) is 7.87. The number of aromatic nitrogens is 2. The molecule has 0 unspecified atom stereocenters. The minimum Gasteiger partial charge on any atom is -0.375 e. The van der Waals surface area contributed by atoms with Gasteiger partial charge in [-0.3, -0.25) is 4.79 Å². The molecule has 6 nitrogen and oxygen atoms in total. The van der Waals surface area contributed by atoms with Crippen LogP contribution in [-0.2, 0) is 16.0 Å². The molecule has 2 heterocycles. The number of carbonyl (C=O) groups excluding carboxylic acids is 1. The van der Waals surface area contributed by atoms with Crippen molar-refractivity contribution in [3.05, 3.63) is 131 Å². The minimum atomic E-state index is -0.445. The van der Waals surface area contributed by atoms with Crippen molar-refractivity contribution in [2.75, 3.05) is 18.5 Å². The van der Waals surface area contributed by atoms with Gasteiger partial charge in [-0.05, 0) is 72.5 Å². The molecule has 1 fully saturated rings. The lowest BCUT2D eigenvalue weighted by atomic mass is 9.88. The first-order valence-electron chi connectivity index (χ1n) is 14.3. The summed E-state index contributed by atoms with van der Waals surface area (Å²) in [6.45, 7) is 1.01. The number of ether oxygens (including phenoxy) is 1. The lowest BCUT2D eigenvalue weighted by Crippen LogP contribution is -2.41. The van der Waals surface area contributed by atoms with Crippen LogP contribution in [-0.4, -0.2) is 35.1 Å². The second-order valence-electron chi connectivity index (χ2n) is 10.8. The SMILES string of the molecule is O=C(CC(c1ccc(F)cc1)c1ccc(F)cc1)Nc1cccc(F)c1CC[C@@H]1CN[C@H](c2nc3ccccc3[nH]2)CO1. The summed E-state index contributed by atoms with van der Waals surface area (Å²) in [5.74, 6) is -1.15. The van der Waals surface area contributed by atoms with Crippen molar-refractivity contribution in [3.63, 3.8) is 0 Å². The standard InChI is InChI=1S/C34H31F3N4O2/c35-23-12-8-21(9-13-23)27(22-10-14-24(36)15-11-22)18-33(42)39-29-7-3-4-28(37)26(29)17-16-25-19-38-32(20-43-25)34-40-30-5-1-2-6-31(30)41-34/h1-15,25,27,32,38H,16-20H2,(H,39,42)(H,40,41)/t25-,32+/m1/s1. The van der Waals surface area contributed by atoms with Gasteiger partial charge < -0.3 is 20.4 Å². The molecule has 1 amide bonds. The number of imidazole rings is 1. The number of hydrogen-bond donors (Lipinski definition) is 3. The molecule has 0 aliphatic carbocycles. The highest BCUT2D eigenvalue weighted by Gasteiger charge is 2.26. The van der Waals surface area contributed by atoms with Gasteiger partial charge in [0.1, 0.15) is 23.3 Å². The van der Waals surface area contributed by atoms with Crippen LogP contribution in [0.15, 0.2) is 91.0 Å². The number of carbonyl (C=O) groups is 1. The normalized spacial score (nSPS) is 16.9. The number of anilines is 1. The van der Waals surface area contributed by atoms with Crippen LogP contribution in [0.3, 0.4) is 0 Å². The van der Waals surface area contributed by atoms with Crippen molar-refractivity contribution in [2.24, 2.45) is 0 Å². The summed E-state index contributed by atoms with van der Waals surface area (Å²) < 4.78 is 48.3. The molecule has 3 N–H and O–H groups in total. The molecule has 0 radical (unpaired) electrons. The fraction of sp³-hybridized carbons (Fsp3) is 0.235. The molecule has 5 aromatic rings. The first-order chi connectivity index (χ1) is 20.9. The van der Waals surface area contributed by atoms with Crippen LogP contribution in [0.4, 0.5) is 18.9 Å². The van der Waals surface area contributed by atoms with Gasteiger partial charge in [0.05, 0.1) is 29.8 Å². The lowest BCUT2D eigenvalue weighted by Gasteiger charge is -2.29. The Labute approximate surface area is 247 Å². The number of nitrogens with one attached hydrogen (secondary N) is 3. The summed E-state index contributed by atoms with van der Waals surface area (Å²) in [5, 5.41) is 6.35. The maximum absolute atomic E-state index is 15.0. The Morgan fingerprint density at radius 2 is 1.60 bits per heavy atom. The van der Waals surface area contributed by atoms with Crippen molar-refractivity contribution >= 4 is 22.6 Å². The average Bonchev–Trinajstić information content (AvgIpc) is 3.45. The summed E-state index contributed by atoms with van der Waals surface area (Å²) in [7, 11) is 0. The van der Waals surface area contributed by atoms with Crippen LogP contribution in [0.2, 0.25) is 0 Å². The number of H-pyrrole nitrogens is 1. The van der Waals surface area contributed by atoms with Crippen LogP contribution in [0.25, 0.3) is 11.0 Å². The monoisotopic (exact) mass is 584 g/mol. The number of amides is 1. The number of rotatable bonds is 9. The molecule has 4 aromatic carbocycles. The summed E-state index contributed by atoms with van der Waals surface area (Å²) in [5.41, 5.74) is 4.09. The van der Waals surface area contributed by atoms with Crippen molar-refractivity contribution in [3.8, 4) is 0 Å². The smallest absolute Gasteiger partial charge is 0.225 e. The molecule has 1 aliphatic heterocycles. The Morgan fingerprint density at radius 3 is 2.26 bits per heavy atom. The van der Waals surface area contributed by atoms with Crippen LogP contribution < -0.4 is 10.6 Å². The molecule has 220 valence electrons. The van der Waals surface area contributed by atoms with Crippen molar-refractivity contribution in [1.82, 2.24) is 15.3 Å². The fourth-order valence-corrected chi connectivity index (χ4v) is 5.56. The Balaban J connectivity index is 1.10. The number of aromatic amines is 1. The molecule has 0 saturated carbocycles. The van der Waals surface area contributed by atoms with Crippen LogP contribution in [0, 0.1) is 17.5 Å². The second kappa shape index (κ2) is 12.8. The van der Waals surface area contributed by atoms with E-state index in [-0.39, 0.29) is 24.5 Å². The van der Waals surface area contributed by atoms with Crippen LogP contribution in [0.5, 0.6) is 0 Å². The van der Waals surface area contributed by atoms with Gasteiger partial charge in [0, 0.05) is 30.1 Å². The predicted octanol–water partition coefficient (Wildman–Crippen LogP) is 6.80. The van der Waals surface area contributed by atoms with Gasteiger partial charge in [-0.15, -0.1) is 0 Å². The number of nitrogens with zero attached hydrogens (tertiary/aromatic N) is 1. The minimum absolute atomic E-state index is 0.00600.